The van der Waals surface area contributed by atoms with E-state index < -0.39 is 0 Å². The van der Waals surface area contributed by atoms with Crippen LogP contribution in [-0.2, 0) is 12.1 Å². The molecule has 1 aliphatic heterocycles. The van der Waals surface area contributed by atoms with Crippen molar-refractivity contribution in [3.8, 4) is 0 Å². The highest BCUT2D eigenvalue weighted by atomic mass is 79.9. The van der Waals surface area contributed by atoms with Gasteiger partial charge in [-0.15, -0.1) is 0 Å². The molecule has 1 saturated heterocycles. The van der Waals surface area contributed by atoms with Crippen molar-refractivity contribution in [3.05, 3.63) is 16.4 Å². The summed E-state index contributed by atoms with van der Waals surface area (Å²) >= 11 is 3.67. The van der Waals surface area contributed by atoms with E-state index in [9.17, 15) is 0 Å². The molecule has 0 bridgehead atoms. The Morgan fingerprint density at radius 2 is 2.24 bits per heavy atom. The molecule has 4 heteroatoms. The molecule has 1 aromatic heterocycles. The van der Waals surface area contributed by atoms with Crippen molar-refractivity contribution in [2.75, 3.05) is 6.54 Å². The van der Waals surface area contributed by atoms with E-state index in [4.69, 9.17) is 0 Å². The van der Waals surface area contributed by atoms with Crippen LogP contribution in [0.5, 0.6) is 0 Å². The third-order valence-corrected chi connectivity index (χ3v) is 4.51. The van der Waals surface area contributed by atoms with Crippen molar-refractivity contribution in [1.29, 1.82) is 0 Å². The van der Waals surface area contributed by atoms with Gasteiger partial charge in [-0.25, -0.2) is 0 Å². The third-order valence-electron chi connectivity index (χ3n) is 3.93. The second-order valence-electron chi connectivity index (χ2n) is 5.84. The first kappa shape index (κ1) is 13.1. The second kappa shape index (κ2) is 4.39. The number of aryl methyl sites for hydroxylation is 1. The molecule has 17 heavy (non-hydrogen) atoms. The van der Waals surface area contributed by atoms with E-state index in [1.165, 1.54) is 18.5 Å². The highest BCUT2D eigenvalue weighted by Crippen LogP contribution is 2.47. The number of aromatic nitrogens is 2. The molecule has 2 heterocycles. The highest BCUT2D eigenvalue weighted by Gasteiger charge is 2.48. The van der Waals surface area contributed by atoms with Crippen LogP contribution in [0.3, 0.4) is 0 Å². The molecule has 2 rings (SSSR count). The van der Waals surface area contributed by atoms with Gasteiger partial charge >= 0.3 is 0 Å². The van der Waals surface area contributed by atoms with Gasteiger partial charge in [0.1, 0.15) is 0 Å². The standard InChI is InChI=1S/C13H22BrN3/c1-5-17-11(10(14)9-16-17)13(12(2,3)4)7-6-8-15-13/h9,15H,5-8H2,1-4H3. The monoisotopic (exact) mass is 299 g/mol. The van der Waals surface area contributed by atoms with Crippen LogP contribution < -0.4 is 5.32 Å². The molecule has 1 N–H and O–H groups in total. The Morgan fingerprint density at radius 1 is 1.53 bits per heavy atom. The summed E-state index contributed by atoms with van der Waals surface area (Å²) in [4.78, 5) is 0. The Labute approximate surface area is 112 Å². The van der Waals surface area contributed by atoms with Crippen molar-refractivity contribution >= 4 is 15.9 Å². The Kier molecular flexibility index (Phi) is 3.38. The molecule has 0 aromatic carbocycles. The number of nitrogens with zero attached hydrogens (tertiary/aromatic N) is 2. The van der Waals surface area contributed by atoms with Crippen molar-refractivity contribution < 1.29 is 0 Å². The van der Waals surface area contributed by atoms with Gasteiger partial charge in [-0.2, -0.15) is 5.10 Å². The fraction of sp³-hybridized carbons (Fsp3) is 0.769. The summed E-state index contributed by atoms with van der Waals surface area (Å²) in [6, 6.07) is 0. The second-order valence-corrected chi connectivity index (χ2v) is 6.70. The number of halogens is 1. The average molecular weight is 300 g/mol. The van der Waals surface area contributed by atoms with Crippen LogP contribution in [-0.4, -0.2) is 16.3 Å². The minimum Gasteiger partial charge on any atom is -0.306 e. The molecule has 1 aromatic rings. The number of nitrogens with one attached hydrogen (secondary N) is 1. The van der Waals surface area contributed by atoms with E-state index in [1.54, 1.807) is 0 Å². The normalized spacial score (nSPS) is 25.5. The quantitative estimate of drug-likeness (QED) is 0.908. The molecule has 3 nitrogen and oxygen atoms in total. The maximum absolute atomic E-state index is 4.47. The van der Waals surface area contributed by atoms with Crippen LogP contribution in [0.4, 0.5) is 0 Å². The molecule has 1 unspecified atom stereocenters. The smallest absolute Gasteiger partial charge is 0.0732 e. The van der Waals surface area contributed by atoms with Gasteiger partial charge in [-0.1, -0.05) is 20.8 Å². The van der Waals surface area contributed by atoms with E-state index in [0.717, 1.165) is 17.6 Å². The van der Waals surface area contributed by atoms with E-state index in [0.29, 0.717) is 0 Å². The lowest BCUT2D eigenvalue weighted by Crippen LogP contribution is -2.49. The Balaban J connectivity index is 2.57. The fourth-order valence-electron chi connectivity index (χ4n) is 2.97. The molecule has 1 fully saturated rings. The summed E-state index contributed by atoms with van der Waals surface area (Å²) in [6.45, 7) is 11.1. The largest absolute Gasteiger partial charge is 0.306 e. The van der Waals surface area contributed by atoms with E-state index in [2.05, 4.69) is 58.7 Å². The molecule has 0 radical (unpaired) electrons. The molecule has 1 aliphatic rings. The summed E-state index contributed by atoms with van der Waals surface area (Å²) in [7, 11) is 0. The molecule has 96 valence electrons. The van der Waals surface area contributed by atoms with Gasteiger partial charge in [0.2, 0.25) is 0 Å². The Bertz CT molecular complexity index is 397. The number of rotatable bonds is 2. The molecule has 1 atom stereocenters. The van der Waals surface area contributed by atoms with Crippen LogP contribution in [0.1, 0.15) is 46.2 Å². The minimum atomic E-state index is 0.0400. The first-order chi connectivity index (χ1) is 7.92. The van der Waals surface area contributed by atoms with Crippen LogP contribution in [0.15, 0.2) is 10.7 Å². The summed E-state index contributed by atoms with van der Waals surface area (Å²) in [5.74, 6) is 0. The van der Waals surface area contributed by atoms with Gasteiger partial charge in [-0.3, -0.25) is 4.68 Å². The molecule has 0 spiro atoms. The van der Waals surface area contributed by atoms with Crippen LogP contribution in [0.2, 0.25) is 0 Å². The van der Waals surface area contributed by atoms with E-state index in [-0.39, 0.29) is 11.0 Å². The molecular formula is C13H22BrN3. The van der Waals surface area contributed by atoms with Crippen LogP contribution in [0, 0.1) is 5.41 Å². The zero-order valence-electron chi connectivity index (χ0n) is 11.2. The van der Waals surface area contributed by atoms with Crippen molar-refractivity contribution in [1.82, 2.24) is 15.1 Å². The summed E-state index contributed by atoms with van der Waals surface area (Å²) in [5.41, 5.74) is 1.53. The van der Waals surface area contributed by atoms with Gasteiger partial charge in [0.15, 0.2) is 0 Å². The lowest BCUT2D eigenvalue weighted by atomic mass is 9.70. The number of hydrogen-bond acceptors (Lipinski definition) is 2. The molecular weight excluding hydrogens is 278 g/mol. The van der Waals surface area contributed by atoms with Gasteiger partial charge < -0.3 is 5.32 Å². The molecule has 0 amide bonds. The Morgan fingerprint density at radius 3 is 2.71 bits per heavy atom. The zero-order chi connectivity index (χ0) is 12.7. The summed E-state index contributed by atoms with van der Waals surface area (Å²) < 4.78 is 3.25. The maximum atomic E-state index is 4.47. The van der Waals surface area contributed by atoms with E-state index in [1.807, 2.05) is 6.20 Å². The Hall–Kier alpha value is -0.350. The fourth-order valence-corrected chi connectivity index (χ4v) is 3.60. The van der Waals surface area contributed by atoms with E-state index >= 15 is 0 Å². The molecule has 0 saturated carbocycles. The summed E-state index contributed by atoms with van der Waals surface area (Å²) in [6.07, 6.45) is 4.34. The molecule has 0 aliphatic carbocycles. The van der Waals surface area contributed by atoms with Crippen molar-refractivity contribution in [3.63, 3.8) is 0 Å². The topological polar surface area (TPSA) is 29.9 Å². The van der Waals surface area contributed by atoms with Gasteiger partial charge in [-0.05, 0) is 47.7 Å². The predicted molar refractivity (Wildman–Crippen MR) is 74.0 cm³/mol. The first-order valence-corrected chi connectivity index (χ1v) is 7.18. The van der Waals surface area contributed by atoms with Crippen LogP contribution >= 0.6 is 15.9 Å². The third kappa shape index (κ3) is 1.95. The van der Waals surface area contributed by atoms with Gasteiger partial charge in [0.05, 0.1) is 21.9 Å². The van der Waals surface area contributed by atoms with Crippen molar-refractivity contribution in [2.24, 2.45) is 5.41 Å². The minimum absolute atomic E-state index is 0.0400. The lowest BCUT2D eigenvalue weighted by molar-refractivity contribution is 0.147. The number of hydrogen-bond donors (Lipinski definition) is 1. The van der Waals surface area contributed by atoms with Crippen LogP contribution in [0.25, 0.3) is 0 Å². The van der Waals surface area contributed by atoms with Gasteiger partial charge in [0, 0.05) is 6.54 Å². The predicted octanol–water partition coefficient (Wildman–Crippen LogP) is 3.29. The maximum Gasteiger partial charge on any atom is 0.0732 e. The average Bonchev–Trinajstić information content (AvgIpc) is 2.83. The zero-order valence-corrected chi connectivity index (χ0v) is 12.8. The highest BCUT2D eigenvalue weighted by molar-refractivity contribution is 9.10. The van der Waals surface area contributed by atoms with Crippen molar-refractivity contribution in [2.45, 2.75) is 52.6 Å². The summed E-state index contributed by atoms with van der Waals surface area (Å²) in [5, 5.41) is 8.20. The van der Waals surface area contributed by atoms with Gasteiger partial charge in [0.25, 0.3) is 0 Å². The first-order valence-electron chi connectivity index (χ1n) is 6.39. The lowest BCUT2D eigenvalue weighted by Gasteiger charge is -2.42. The SMILES string of the molecule is CCn1ncc(Br)c1C1(C(C)(C)C)CCCN1.